The van der Waals surface area contributed by atoms with Crippen LogP contribution in [0.15, 0.2) is 24.3 Å². The van der Waals surface area contributed by atoms with Gasteiger partial charge in [0.25, 0.3) is 5.91 Å². The molecule has 5 nitrogen and oxygen atoms in total. The summed E-state index contributed by atoms with van der Waals surface area (Å²) in [5.41, 5.74) is 6.96. The third-order valence-electron chi connectivity index (χ3n) is 4.09. The lowest BCUT2D eigenvalue weighted by atomic mass is 9.88. The summed E-state index contributed by atoms with van der Waals surface area (Å²) in [4.78, 5) is 23.8. The Labute approximate surface area is 131 Å². The zero-order chi connectivity index (χ0) is 15.8. The van der Waals surface area contributed by atoms with Crippen molar-refractivity contribution in [1.82, 2.24) is 10.6 Å². The molecule has 120 valence electrons. The normalized spacial score (nSPS) is 15.3. The van der Waals surface area contributed by atoms with Crippen LogP contribution in [-0.4, -0.2) is 24.9 Å². The first-order valence-electron chi connectivity index (χ1n) is 8.05. The highest BCUT2D eigenvalue weighted by molar-refractivity contribution is 5.94. The van der Waals surface area contributed by atoms with Crippen molar-refractivity contribution in [1.29, 1.82) is 0 Å². The van der Waals surface area contributed by atoms with Gasteiger partial charge in [-0.3, -0.25) is 9.59 Å². The quantitative estimate of drug-likeness (QED) is 0.746. The second-order valence-corrected chi connectivity index (χ2v) is 5.79. The van der Waals surface area contributed by atoms with E-state index in [0.29, 0.717) is 25.2 Å². The van der Waals surface area contributed by atoms with Crippen LogP contribution in [0.5, 0.6) is 0 Å². The summed E-state index contributed by atoms with van der Waals surface area (Å²) >= 11 is 0. The van der Waals surface area contributed by atoms with Crippen LogP contribution in [-0.2, 0) is 11.3 Å². The minimum Gasteiger partial charge on any atom is -0.352 e. The van der Waals surface area contributed by atoms with Crippen molar-refractivity contribution in [3.63, 3.8) is 0 Å². The van der Waals surface area contributed by atoms with E-state index < -0.39 is 0 Å². The maximum Gasteiger partial charge on any atom is 0.251 e. The van der Waals surface area contributed by atoms with Gasteiger partial charge < -0.3 is 16.4 Å². The van der Waals surface area contributed by atoms with Gasteiger partial charge in [0.15, 0.2) is 0 Å². The van der Waals surface area contributed by atoms with Gasteiger partial charge in [0.2, 0.25) is 5.91 Å². The summed E-state index contributed by atoms with van der Waals surface area (Å²) in [6, 6.07) is 7.29. The molecule has 0 aromatic heterocycles. The maximum atomic E-state index is 12.1. The molecule has 1 aromatic rings. The maximum absolute atomic E-state index is 12.1. The molecule has 1 aliphatic carbocycles. The molecule has 0 saturated heterocycles. The molecule has 4 N–H and O–H groups in total. The van der Waals surface area contributed by atoms with Crippen LogP contribution in [0.4, 0.5) is 0 Å². The summed E-state index contributed by atoms with van der Waals surface area (Å²) in [6.45, 7) is 1.41. The minimum atomic E-state index is -0.122. The predicted octanol–water partition coefficient (Wildman–Crippen LogP) is 1.57. The Hall–Kier alpha value is -1.88. The van der Waals surface area contributed by atoms with Crippen LogP contribution < -0.4 is 16.4 Å². The van der Waals surface area contributed by atoms with E-state index in [4.69, 9.17) is 5.73 Å². The van der Waals surface area contributed by atoms with Crippen molar-refractivity contribution >= 4 is 11.8 Å². The third-order valence-corrected chi connectivity index (χ3v) is 4.09. The Kier molecular flexibility index (Phi) is 6.40. The Bertz CT molecular complexity index is 493. The topological polar surface area (TPSA) is 84.2 Å². The number of nitrogens with one attached hydrogen (secondary N) is 2. The predicted molar refractivity (Wildman–Crippen MR) is 86.3 cm³/mol. The van der Waals surface area contributed by atoms with E-state index in [2.05, 4.69) is 10.6 Å². The minimum absolute atomic E-state index is 0.122. The molecule has 2 rings (SSSR count). The standard InChI is InChI=1S/C17H25N3O2/c18-10-11-19-16(21)15-8-6-13(7-9-15)12-20-17(22)14-4-2-1-3-5-14/h6-9,14H,1-5,10-12,18H2,(H,19,21)(H,20,22). The molecule has 0 aliphatic heterocycles. The molecule has 2 amide bonds. The van der Waals surface area contributed by atoms with Crippen LogP contribution in [0.3, 0.4) is 0 Å². The van der Waals surface area contributed by atoms with Crippen molar-refractivity contribution in [2.75, 3.05) is 13.1 Å². The number of nitrogens with two attached hydrogens (primary N) is 1. The Morgan fingerprint density at radius 2 is 1.73 bits per heavy atom. The molecular formula is C17H25N3O2. The van der Waals surface area contributed by atoms with E-state index in [-0.39, 0.29) is 17.7 Å². The summed E-state index contributed by atoms with van der Waals surface area (Å²) in [7, 11) is 0. The molecule has 0 heterocycles. The Morgan fingerprint density at radius 3 is 2.36 bits per heavy atom. The average Bonchev–Trinajstić information content (AvgIpc) is 2.58. The lowest BCUT2D eigenvalue weighted by molar-refractivity contribution is -0.126. The number of hydrogen-bond donors (Lipinski definition) is 3. The van der Waals surface area contributed by atoms with Gasteiger partial charge in [0.05, 0.1) is 0 Å². The number of carbonyl (C=O) groups excluding carboxylic acids is 2. The first-order chi connectivity index (χ1) is 10.7. The number of amides is 2. The van der Waals surface area contributed by atoms with Gasteiger partial charge in [-0.1, -0.05) is 31.4 Å². The number of rotatable bonds is 6. The molecule has 5 heteroatoms. The van der Waals surface area contributed by atoms with Crippen LogP contribution in [0.2, 0.25) is 0 Å². The average molecular weight is 303 g/mol. The van der Waals surface area contributed by atoms with Gasteiger partial charge in [0, 0.05) is 31.1 Å². The fourth-order valence-electron chi connectivity index (χ4n) is 2.76. The van der Waals surface area contributed by atoms with Crippen LogP contribution >= 0.6 is 0 Å². The van der Waals surface area contributed by atoms with Gasteiger partial charge >= 0.3 is 0 Å². The monoisotopic (exact) mass is 303 g/mol. The first-order valence-corrected chi connectivity index (χ1v) is 8.05. The number of benzene rings is 1. The van der Waals surface area contributed by atoms with E-state index in [1.807, 2.05) is 12.1 Å². The lowest BCUT2D eigenvalue weighted by Gasteiger charge is -2.20. The van der Waals surface area contributed by atoms with Crippen LogP contribution in [0.25, 0.3) is 0 Å². The third kappa shape index (κ3) is 4.84. The zero-order valence-electron chi connectivity index (χ0n) is 12.9. The zero-order valence-corrected chi connectivity index (χ0v) is 12.9. The van der Waals surface area contributed by atoms with Gasteiger partial charge in [-0.25, -0.2) is 0 Å². The van der Waals surface area contributed by atoms with Crippen molar-refractivity contribution in [3.05, 3.63) is 35.4 Å². The highest BCUT2D eigenvalue weighted by Gasteiger charge is 2.20. The number of carbonyl (C=O) groups is 2. The molecule has 1 saturated carbocycles. The lowest BCUT2D eigenvalue weighted by Crippen LogP contribution is -2.31. The second kappa shape index (κ2) is 8.54. The number of hydrogen-bond acceptors (Lipinski definition) is 3. The molecule has 0 bridgehead atoms. The van der Waals surface area contributed by atoms with E-state index in [1.54, 1.807) is 12.1 Å². The highest BCUT2D eigenvalue weighted by Crippen LogP contribution is 2.23. The van der Waals surface area contributed by atoms with Crippen molar-refractivity contribution in [2.24, 2.45) is 11.7 Å². The molecule has 1 fully saturated rings. The van der Waals surface area contributed by atoms with Crippen molar-refractivity contribution in [3.8, 4) is 0 Å². The fourth-order valence-corrected chi connectivity index (χ4v) is 2.76. The van der Waals surface area contributed by atoms with Crippen molar-refractivity contribution < 1.29 is 9.59 Å². The fraction of sp³-hybridized carbons (Fsp3) is 0.529. The van der Waals surface area contributed by atoms with E-state index >= 15 is 0 Å². The first kappa shape index (κ1) is 16.5. The second-order valence-electron chi connectivity index (χ2n) is 5.79. The smallest absolute Gasteiger partial charge is 0.251 e. The summed E-state index contributed by atoms with van der Waals surface area (Å²) in [5, 5.41) is 5.72. The molecule has 0 spiro atoms. The molecule has 1 aliphatic rings. The van der Waals surface area contributed by atoms with Gasteiger partial charge in [-0.05, 0) is 30.5 Å². The van der Waals surface area contributed by atoms with E-state index in [1.165, 1.54) is 6.42 Å². The molecule has 0 unspecified atom stereocenters. The van der Waals surface area contributed by atoms with Gasteiger partial charge in [-0.15, -0.1) is 0 Å². The van der Waals surface area contributed by atoms with Crippen molar-refractivity contribution in [2.45, 2.75) is 38.6 Å². The van der Waals surface area contributed by atoms with Gasteiger partial charge in [0.1, 0.15) is 0 Å². The molecule has 0 radical (unpaired) electrons. The summed E-state index contributed by atoms with van der Waals surface area (Å²) < 4.78 is 0. The largest absolute Gasteiger partial charge is 0.352 e. The summed E-state index contributed by atoms with van der Waals surface area (Å²) in [5.74, 6) is 0.211. The molecule has 0 atom stereocenters. The highest BCUT2D eigenvalue weighted by atomic mass is 16.2. The SMILES string of the molecule is NCCNC(=O)c1ccc(CNC(=O)C2CCCCC2)cc1. The Balaban J connectivity index is 1.80. The van der Waals surface area contributed by atoms with Crippen LogP contribution in [0.1, 0.15) is 48.0 Å². The van der Waals surface area contributed by atoms with E-state index in [0.717, 1.165) is 31.2 Å². The van der Waals surface area contributed by atoms with E-state index in [9.17, 15) is 9.59 Å². The van der Waals surface area contributed by atoms with Gasteiger partial charge in [-0.2, -0.15) is 0 Å². The molecule has 1 aromatic carbocycles. The van der Waals surface area contributed by atoms with Crippen LogP contribution in [0, 0.1) is 5.92 Å². The molecular weight excluding hydrogens is 278 g/mol. The Morgan fingerprint density at radius 1 is 1.05 bits per heavy atom. The summed E-state index contributed by atoms with van der Waals surface area (Å²) in [6.07, 6.45) is 5.57. The molecule has 22 heavy (non-hydrogen) atoms.